The van der Waals surface area contributed by atoms with Gasteiger partial charge in [0.1, 0.15) is 6.04 Å². The van der Waals surface area contributed by atoms with E-state index in [9.17, 15) is 14.7 Å². The Morgan fingerprint density at radius 3 is 2.55 bits per heavy atom. The van der Waals surface area contributed by atoms with E-state index in [4.69, 9.17) is 0 Å². The highest BCUT2D eigenvalue weighted by atomic mass is 16.4. The van der Waals surface area contributed by atoms with E-state index in [1.165, 1.54) is 4.90 Å². The zero-order chi connectivity index (χ0) is 14.7. The highest BCUT2D eigenvalue weighted by Crippen LogP contribution is 2.21. The second kappa shape index (κ2) is 5.94. The first-order valence-electron chi connectivity index (χ1n) is 6.88. The molecule has 1 aliphatic rings. The summed E-state index contributed by atoms with van der Waals surface area (Å²) in [5.74, 6) is -0.0995. The van der Waals surface area contributed by atoms with Crippen molar-refractivity contribution in [1.82, 2.24) is 9.80 Å². The third-order valence-corrected chi connectivity index (χ3v) is 3.77. The summed E-state index contributed by atoms with van der Waals surface area (Å²) in [4.78, 5) is 26.8. The van der Waals surface area contributed by atoms with Crippen molar-refractivity contribution in [3.63, 3.8) is 0 Å². The lowest BCUT2D eigenvalue weighted by atomic mass is 10.0. The number of carbonyl (C=O) groups excluding carboxylic acids is 1. The number of carboxylic acid groups (broad SMARTS) is 1. The Morgan fingerprint density at radius 2 is 2.00 bits per heavy atom. The largest absolute Gasteiger partial charge is 0.465 e. The first-order chi connectivity index (χ1) is 9.54. The van der Waals surface area contributed by atoms with Crippen LogP contribution in [0.5, 0.6) is 0 Å². The monoisotopic (exact) mass is 276 g/mol. The standard InChI is InChI=1S/C15H20N2O3/c1-3-13-14(18)16(10-12-7-5-4-6-8-12)11(2)9-17(13)15(19)20/h4-8,11,13H,3,9-10H2,1-2H3,(H,19,20). The topological polar surface area (TPSA) is 60.9 Å². The molecule has 2 amide bonds. The number of amides is 2. The lowest BCUT2D eigenvalue weighted by molar-refractivity contribution is -0.145. The third kappa shape index (κ3) is 2.76. The van der Waals surface area contributed by atoms with Crippen LogP contribution in [0.3, 0.4) is 0 Å². The van der Waals surface area contributed by atoms with Gasteiger partial charge in [0.05, 0.1) is 0 Å². The number of piperazine rings is 1. The van der Waals surface area contributed by atoms with Crippen LogP contribution < -0.4 is 0 Å². The molecule has 1 aromatic rings. The van der Waals surface area contributed by atoms with E-state index in [2.05, 4.69) is 0 Å². The van der Waals surface area contributed by atoms with Crippen molar-refractivity contribution in [2.45, 2.75) is 38.9 Å². The fraction of sp³-hybridized carbons (Fsp3) is 0.467. The minimum atomic E-state index is -1.02. The van der Waals surface area contributed by atoms with E-state index in [1.807, 2.05) is 44.2 Å². The molecule has 1 heterocycles. The van der Waals surface area contributed by atoms with Gasteiger partial charge in [-0.25, -0.2) is 4.79 Å². The van der Waals surface area contributed by atoms with Crippen molar-refractivity contribution < 1.29 is 14.7 Å². The normalized spacial score (nSPS) is 23.0. The van der Waals surface area contributed by atoms with Crippen molar-refractivity contribution in [3.8, 4) is 0 Å². The second-order valence-electron chi connectivity index (χ2n) is 5.16. The van der Waals surface area contributed by atoms with Crippen molar-refractivity contribution in [3.05, 3.63) is 35.9 Å². The molecule has 0 aromatic heterocycles. The van der Waals surface area contributed by atoms with Crippen LogP contribution in [0.15, 0.2) is 30.3 Å². The minimum absolute atomic E-state index is 0.0995. The fourth-order valence-electron chi connectivity index (χ4n) is 2.67. The van der Waals surface area contributed by atoms with E-state index in [0.717, 1.165) is 5.56 Å². The van der Waals surface area contributed by atoms with Crippen LogP contribution >= 0.6 is 0 Å². The maximum Gasteiger partial charge on any atom is 0.408 e. The smallest absolute Gasteiger partial charge is 0.408 e. The molecule has 1 saturated heterocycles. The average Bonchev–Trinajstić information content (AvgIpc) is 2.44. The van der Waals surface area contributed by atoms with Gasteiger partial charge in [0.15, 0.2) is 0 Å². The van der Waals surface area contributed by atoms with Crippen molar-refractivity contribution in [2.24, 2.45) is 0 Å². The second-order valence-corrected chi connectivity index (χ2v) is 5.16. The number of benzene rings is 1. The summed E-state index contributed by atoms with van der Waals surface area (Å²) in [7, 11) is 0. The molecule has 1 N–H and O–H groups in total. The Balaban J connectivity index is 2.18. The highest BCUT2D eigenvalue weighted by molar-refractivity contribution is 5.86. The third-order valence-electron chi connectivity index (χ3n) is 3.77. The average molecular weight is 276 g/mol. The maximum atomic E-state index is 12.5. The first-order valence-corrected chi connectivity index (χ1v) is 6.88. The molecule has 0 spiro atoms. The van der Waals surface area contributed by atoms with Gasteiger partial charge in [0.2, 0.25) is 5.91 Å². The number of hydrogen-bond acceptors (Lipinski definition) is 2. The van der Waals surface area contributed by atoms with Gasteiger partial charge in [0.25, 0.3) is 0 Å². The van der Waals surface area contributed by atoms with E-state index in [0.29, 0.717) is 19.5 Å². The Hall–Kier alpha value is -2.04. The van der Waals surface area contributed by atoms with Crippen LogP contribution in [-0.4, -0.2) is 45.5 Å². The Labute approximate surface area is 118 Å². The van der Waals surface area contributed by atoms with Gasteiger partial charge in [-0.1, -0.05) is 37.3 Å². The SMILES string of the molecule is CCC1C(=O)N(Cc2ccccc2)C(C)CN1C(=O)O. The Morgan fingerprint density at radius 1 is 1.35 bits per heavy atom. The summed E-state index contributed by atoms with van der Waals surface area (Å²) in [6, 6.07) is 9.10. The zero-order valence-electron chi connectivity index (χ0n) is 11.8. The highest BCUT2D eigenvalue weighted by Gasteiger charge is 2.39. The lowest BCUT2D eigenvalue weighted by Crippen LogP contribution is -2.61. The zero-order valence-corrected chi connectivity index (χ0v) is 11.8. The quantitative estimate of drug-likeness (QED) is 0.920. The predicted octanol–water partition coefficient (Wildman–Crippen LogP) is 2.18. The van der Waals surface area contributed by atoms with E-state index >= 15 is 0 Å². The molecular formula is C15H20N2O3. The molecule has 5 nitrogen and oxygen atoms in total. The summed E-state index contributed by atoms with van der Waals surface area (Å²) in [5, 5.41) is 9.21. The summed E-state index contributed by atoms with van der Waals surface area (Å²) < 4.78 is 0. The molecule has 5 heteroatoms. The minimum Gasteiger partial charge on any atom is -0.465 e. The molecule has 0 bridgehead atoms. The van der Waals surface area contributed by atoms with Crippen LogP contribution in [-0.2, 0) is 11.3 Å². The molecule has 1 aliphatic heterocycles. The number of hydrogen-bond donors (Lipinski definition) is 1. The molecule has 2 unspecified atom stereocenters. The summed E-state index contributed by atoms with van der Waals surface area (Å²) in [5.41, 5.74) is 1.06. The molecule has 2 atom stereocenters. The molecule has 1 fully saturated rings. The summed E-state index contributed by atoms with van der Waals surface area (Å²) >= 11 is 0. The van der Waals surface area contributed by atoms with Crippen LogP contribution in [0.4, 0.5) is 4.79 Å². The van der Waals surface area contributed by atoms with Crippen molar-refractivity contribution in [2.75, 3.05) is 6.54 Å². The van der Waals surface area contributed by atoms with E-state index in [-0.39, 0.29) is 11.9 Å². The van der Waals surface area contributed by atoms with Gasteiger partial charge < -0.3 is 10.0 Å². The molecule has 2 rings (SSSR count). The van der Waals surface area contributed by atoms with Crippen LogP contribution in [0.2, 0.25) is 0 Å². The van der Waals surface area contributed by atoms with Crippen LogP contribution in [0.1, 0.15) is 25.8 Å². The van der Waals surface area contributed by atoms with Crippen molar-refractivity contribution in [1.29, 1.82) is 0 Å². The molecule has 0 radical (unpaired) electrons. The van der Waals surface area contributed by atoms with E-state index < -0.39 is 12.1 Å². The van der Waals surface area contributed by atoms with Crippen molar-refractivity contribution >= 4 is 12.0 Å². The number of carbonyl (C=O) groups is 2. The molecule has 1 aromatic carbocycles. The van der Waals surface area contributed by atoms with Gasteiger partial charge >= 0.3 is 6.09 Å². The first kappa shape index (κ1) is 14.4. The Kier molecular flexibility index (Phi) is 4.27. The van der Waals surface area contributed by atoms with Gasteiger partial charge in [-0.2, -0.15) is 0 Å². The van der Waals surface area contributed by atoms with Crippen LogP contribution in [0.25, 0.3) is 0 Å². The molecule has 0 aliphatic carbocycles. The molecule has 20 heavy (non-hydrogen) atoms. The van der Waals surface area contributed by atoms with Gasteiger partial charge in [-0.3, -0.25) is 9.69 Å². The van der Waals surface area contributed by atoms with Gasteiger partial charge in [0, 0.05) is 19.1 Å². The Bertz CT molecular complexity index is 489. The van der Waals surface area contributed by atoms with Crippen LogP contribution in [0, 0.1) is 0 Å². The summed E-state index contributed by atoms with van der Waals surface area (Å²) in [6.07, 6.45) is -0.514. The number of rotatable bonds is 3. The fourth-order valence-corrected chi connectivity index (χ4v) is 2.67. The van der Waals surface area contributed by atoms with E-state index in [1.54, 1.807) is 4.90 Å². The lowest BCUT2D eigenvalue weighted by Gasteiger charge is -2.43. The summed E-state index contributed by atoms with van der Waals surface area (Å²) in [6.45, 7) is 4.63. The number of nitrogens with zero attached hydrogens (tertiary/aromatic N) is 2. The predicted molar refractivity (Wildman–Crippen MR) is 75.3 cm³/mol. The van der Waals surface area contributed by atoms with Gasteiger partial charge in [-0.05, 0) is 18.9 Å². The maximum absolute atomic E-state index is 12.5. The molecule has 0 saturated carbocycles. The molecule has 108 valence electrons. The van der Waals surface area contributed by atoms with Gasteiger partial charge in [-0.15, -0.1) is 0 Å². The molecular weight excluding hydrogens is 256 g/mol.